The fourth-order valence-corrected chi connectivity index (χ4v) is 11.5. The van der Waals surface area contributed by atoms with Crippen LogP contribution in [0.1, 0.15) is 0 Å². The minimum absolute atomic E-state index is 0.0454. The van der Waals surface area contributed by atoms with Crippen molar-refractivity contribution in [3.05, 3.63) is 115 Å². The number of fused-ring (bicyclic) bond motifs is 18. The van der Waals surface area contributed by atoms with Crippen molar-refractivity contribution in [1.82, 2.24) is 9.05 Å². The van der Waals surface area contributed by atoms with Gasteiger partial charge in [-0.1, -0.05) is 78.9 Å². The van der Waals surface area contributed by atoms with Crippen LogP contribution in [0.3, 0.4) is 0 Å². The van der Waals surface area contributed by atoms with Gasteiger partial charge in [0, 0.05) is 58.2 Å². The molecule has 0 bridgehead atoms. The van der Waals surface area contributed by atoms with Crippen molar-refractivity contribution in [2.75, 3.05) is 0 Å². The summed E-state index contributed by atoms with van der Waals surface area (Å²) in [7, 11) is 0. The molecule has 13 rings (SSSR count). The van der Waals surface area contributed by atoms with Crippen LogP contribution >= 0.6 is 22.7 Å². The molecule has 0 aliphatic carbocycles. The van der Waals surface area contributed by atoms with E-state index in [1.807, 2.05) is 22.7 Å². The van der Waals surface area contributed by atoms with Crippen molar-refractivity contribution in [3.8, 4) is 16.8 Å². The number of benzene rings is 6. The van der Waals surface area contributed by atoms with E-state index in [-0.39, 0.29) is 6.85 Å². The molecule has 7 heterocycles. The third-order valence-corrected chi connectivity index (χ3v) is 13.1. The van der Waals surface area contributed by atoms with Gasteiger partial charge in [-0.05, 0) is 52.9 Å². The highest BCUT2D eigenvalue weighted by Gasteiger charge is 2.43. The van der Waals surface area contributed by atoms with E-state index >= 15 is 0 Å². The van der Waals surface area contributed by atoms with Crippen molar-refractivity contribution in [3.63, 3.8) is 0 Å². The van der Waals surface area contributed by atoms with E-state index in [0.29, 0.717) is 0 Å². The Morgan fingerprint density at radius 1 is 0.565 bits per heavy atom. The Morgan fingerprint density at radius 3 is 2.22 bits per heavy atom. The van der Waals surface area contributed by atoms with Crippen molar-refractivity contribution in [1.29, 1.82) is 0 Å². The summed E-state index contributed by atoms with van der Waals surface area (Å²) in [5, 5.41) is 9.09. The molecule has 0 spiro atoms. The molecule has 0 fully saturated rings. The first-order chi connectivity index (χ1) is 22.8. The first-order valence-electron chi connectivity index (χ1n) is 15.7. The predicted octanol–water partition coefficient (Wildman–Crippen LogP) is 10.2. The van der Waals surface area contributed by atoms with Crippen molar-refractivity contribution >= 4 is 125 Å². The predicted molar refractivity (Wildman–Crippen MR) is 198 cm³/mol. The zero-order valence-electron chi connectivity index (χ0n) is 24.2. The van der Waals surface area contributed by atoms with E-state index in [2.05, 4.69) is 124 Å². The highest BCUT2D eigenvalue weighted by atomic mass is 32.1. The SMILES string of the molecule is c1ccc2c(c1)oc1c3cccc4c3n(c21)-c1c2c(cc3c1sc1ccccc13)-c1cccc3c5c6ccccc6sc5n(c13)B24. The fraction of sp³-hybridized carbons (Fsp3) is 0. The maximum Gasteiger partial charge on any atom is 0.333 e. The van der Waals surface area contributed by atoms with Crippen molar-refractivity contribution < 1.29 is 4.42 Å². The highest BCUT2D eigenvalue weighted by molar-refractivity contribution is 7.27. The molecule has 0 unspecified atom stereocenters. The van der Waals surface area contributed by atoms with E-state index in [0.717, 1.165) is 16.6 Å². The molecule has 2 aliphatic heterocycles. The van der Waals surface area contributed by atoms with Crippen LogP contribution in [0, 0.1) is 0 Å². The minimum Gasteiger partial charge on any atom is -0.454 e. The molecule has 2 aliphatic rings. The van der Waals surface area contributed by atoms with Gasteiger partial charge >= 0.3 is 6.85 Å². The largest absolute Gasteiger partial charge is 0.454 e. The maximum atomic E-state index is 6.72. The molecule has 6 aromatic carbocycles. The van der Waals surface area contributed by atoms with E-state index in [1.54, 1.807) is 0 Å². The number of furan rings is 1. The van der Waals surface area contributed by atoms with Gasteiger partial charge in [0.05, 0.1) is 20.7 Å². The van der Waals surface area contributed by atoms with Crippen molar-refractivity contribution in [2.24, 2.45) is 0 Å². The smallest absolute Gasteiger partial charge is 0.333 e. The van der Waals surface area contributed by atoms with Gasteiger partial charge in [0.1, 0.15) is 11.1 Å². The van der Waals surface area contributed by atoms with Crippen LogP contribution in [0.15, 0.2) is 120 Å². The van der Waals surface area contributed by atoms with Crippen molar-refractivity contribution in [2.45, 2.75) is 0 Å². The monoisotopic (exact) mass is 618 g/mol. The Morgan fingerprint density at radius 2 is 1.30 bits per heavy atom. The lowest BCUT2D eigenvalue weighted by molar-refractivity contribution is 0.673. The molecule has 0 saturated carbocycles. The number of hydrogen-bond acceptors (Lipinski definition) is 3. The standard InChI is InChI=1S/C40H19BN2OS2/c1-4-16-29-22(10-1)36-38(44-29)25-14-8-15-28-35(25)42(36)37-33-26(19-27-20-9-2-5-17-30(20)45-39(27)37)21-12-7-13-24-32-23-11-3-6-18-31(23)46-40(32)43(34(21)24)41(28)33/h1-19H. The van der Waals surface area contributed by atoms with Crippen LogP contribution in [-0.2, 0) is 0 Å². The van der Waals surface area contributed by atoms with Gasteiger partial charge in [-0.25, -0.2) is 0 Å². The third-order valence-electron chi connectivity index (χ3n) is 10.7. The second-order valence-corrected chi connectivity index (χ2v) is 14.9. The van der Waals surface area contributed by atoms with Gasteiger partial charge in [0.25, 0.3) is 0 Å². The van der Waals surface area contributed by atoms with Crippen LogP contribution in [0.5, 0.6) is 0 Å². The molecule has 46 heavy (non-hydrogen) atoms. The molecule has 3 nitrogen and oxygen atoms in total. The summed E-state index contributed by atoms with van der Waals surface area (Å²) in [5.41, 5.74) is 12.4. The van der Waals surface area contributed by atoms with Gasteiger partial charge in [-0.3, -0.25) is 0 Å². The summed E-state index contributed by atoms with van der Waals surface area (Å²) in [6, 6.07) is 42.7. The number of aromatic nitrogens is 2. The third kappa shape index (κ3) is 2.39. The van der Waals surface area contributed by atoms with E-state index in [1.165, 1.54) is 95.5 Å². The molecule has 11 aromatic rings. The van der Waals surface area contributed by atoms with Crippen LogP contribution in [0.2, 0.25) is 0 Å². The molecule has 0 N–H and O–H groups in total. The molecule has 0 radical (unpaired) electrons. The number of hydrogen-bond donors (Lipinski definition) is 0. The van der Waals surface area contributed by atoms with E-state index < -0.39 is 0 Å². The van der Waals surface area contributed by atoms with Gasteiger partial charge in [-0.15, -0.1) is 22.7 Å². The summed E-state index contributed by atoms with van der Waals surface area (Å²) >= 11 is 3.86. The molecule has 0 saturated heterocycles. The zero-order chi connectivity index (χ0) is 29.4. The van der Waals surface area contributed by atoms with Gasteiger partial charge < -0.3 is 13.5 Å². The number of thiophene rings is 2. The van der Waals surface area contributed by atoms with E-state index in [9.17, 15) is 0 Å². The van der Waals surface area contributed by atoms with Crippen LogP contribution in [-0.4, -0.2) is 15.9 Å². The molecule has 6 heteroatoms. The normalized spacial score (nSPS) is 13.6. The minimum atomic E-state index is 0.0454. The summed E-state index contributed by atoms with van der Waals surface area (Å²) in [6.07, 6.45) is 0. The first-order valence-corrected chi connectivity index (χ1v) is 17.4. The number of rotatable bonds is 0. The Hall–Kier alpha value is -5.30. The van der Waals surface area contributed by atoms with Gasteiger partial charge in [-0.2, -0.15) is 0 Å². The maximum absolute atomic E-state index is 6.72. The summed E-state index contributed by atoms with van der Waals surface area (Å²) in [5.74, 6) is 0. The van der Waals surface area contributed by atoms with E-state index in [4.69, 9.17) is 4.42 Å². The Kier molecular flexibility index (Phi) is 3.80. The molecule has 5 aromatic heterocycles. The summed E-state index contributed by atoms with van der Waals surface area (Å²) in [4.78, 5) is 1.35. The van der Waals surface area contributed by atoms with Crippen LogP contribution < -0.4 is 10.9 Å². The van der Waals surface area contributed by atoms with Crippen LogP contribution in [0.4, 0.5) is 0 Å². The van der Waals surface area contributed by atoms with Crippen LogP contribution in [0.25, 0.3) is 101 Å². The lowest BCUT2D eigenvalue weighted by atomic mass is 9.45. The lowest BCUT2D eigenvalue weighted by Gasteiger charge is -2.34. The molecule has 210 valence electrons. The Labute approximate surface area is 269 Å². The summed E-state index contributed by atoms with van der Waals surface area (Å²) < 4.78 is 16.0. The molecular formula is C40H19BN2OS2. The zero-order valence-corrected chi connectivity index (χ0v) is 25.8. The fourth-order valence-electron chi connectivity index (χ4n) is 9.02. The quantitative estimate of drug-likeness (QED) is 0.155. The lowest BCUT2D eigenvalue weighted by Crippen LogP contribution is -2.55. The number of nitrogens with zero attached hydrogens (tertiary/aromatic N) is 2. The molecule has 0 atom stereocenters. The second-order valence-electron chi connectivity index (χ2n) is 12.8. The summed E-state index contributed by atoms with van der Waals surface area (Å²) in [6.45, 7) is 0.0454. The Balaban J connectivity index is 1.35. The second kappa shape index (κ2) is 7.56. The van der Waals surface area contributed by atoms with Gasteiger partial charge in [0.15, 0.2) is 5.58 Å². The molecular weight excluding hydrogens is 599 g/mol. The highest BCUT2D eigenvalue weighted by Crippen LogP contribution is 2.50. The van der Waals surface area contributed by atoms with Gasteiger partial charge in [0.2, 0.25) is 0 Å². The average Bonchev–Trinajstić information content (AvgIpc) is 3.89. The first kappa shape index (κ1) is 23.1. The Bertz CT molecular complexity index is 3220. The molecule has 0 amide bonds. The topological polar surface area (TPSA) is 23.0 Å². The average molecular weight is 619 g/mol. The number of para-hydroxylation sites is 3.